The average Bonchev–Trinajstić information content (AvgIpc) is 3.06. The van der Waals surface area contributed by atoms with Crippen LogP contribution < -0.4 is 5.32 Å². The predicted molar refractivity (Wildman–Crippen MR) is 104 cm³/mol. The highest BCUT2D eigenvalue weighted by Crippen LogP contribution is 2.32. The van der Waals surface area contributed by atoms with Gasteiger partial charge in [0, 0.05) is 22.0 Å². The monoisotopic (exact) mass is 377 g/mol. The summed E-state index contributed by atoms with van der Waals surface area (Å²) in [6, 6.07) is 15.3. The standard InChI is InChI=1S/C22H16FNO4/c1-12-15-9-7-13-5-3-4-6-16(13)20(15)28-19(12)21(25)24-14-8-10-18(23)17(11-14)22(26)27-2/h3-11H,1-2H3,(H,24,25). The van der Waals surface area contributed by atoms with E-state index in [4.69, 9.17) is 4.42 Å². The summed E-state index contributed by atoms with van der Waals surface area (Å²) in [4.78, 5) is 24.4. The Labute approximate surface area is 159 Å². The minimum absolute atomic E-state index is 0.162. The van der Waals surface area contributed by atoms with Crippen LogP contribution >= 0.6 is 0 Å². The first-order chi connectivity index (χ1) is 13.5. The number of benzene rings is 3. The van der Waals surface area contributed by atoms with Gasteiger partial charge in [0.25, 0.3) is 5.91 Å². The number of carbonyl (C=O) groups is 2. The number of esters is 1. The van der Waals surface area contributed by atoms with Crippen molar-refractivity contribution in [2.45, 2.75) is 6.92 Å². The quantitative estimate of drug-likeness (QED) is 0.506. The van der Waals surface area contributed by atoms with Crippen molar-refractivity contribution in [1.82, 2.24) is 0 Å². The van der Waals surface area contributed by atoms with Gasteiger partial charge >= 0.3 is 5.97 Å². The molecule has 0 radical (unpaired) electrons. The normalized spacial score (nSPS) is 11.0. The lowest BCUT2D eigenvalue weighted by atomic mass is 10.1. The number of hydrogen-bond acceptors (Lipinski definition) is 4. The lowest BCUT2D eigenvalue weighted by Gasteiger charge is -2.07. The SMILES string of the molecule is COC(=O)c1cc(NC(=O)c2oc3c(ccc4ccccc43)c2C)ccc1F. The van der Waals surface area contributed by atoms with Gasteiger partial charge in [0.2, 0.25) is 0 Å². The Hall–Kier alpha value is -3.67. The minimum Gasteiger partial charge on any atom is -0.465 e. The molecule has 1 amide bonds. The van der Waals surface area contributed by atoms with Gasteiger partial charge in [-0.3, -0.25) is 4.79 Å². The second-order valence-corrected chi connectivity index (χ2v) is 6.36. The zero-order valence-corrected chi connectivity index (χ0v) is 15.2. The maximum absolute atomic E-state index is 13.8. The third-order valence-electron chi connectivity index (χ3n) is 4.66. The van der Waals surface area contributed by atoms with E-state index in [1.807, 2.05) is 36.4 Å². The van der Waals surface area contributed by atoms with Crippen LogP contribution in [0.25, 0.3) is 21.7 Å². The highest BCUT2D eigenvalue weighted by molar-refractivity contribution is 6.11. The van der Waals surface area contributed by atoms with Gasteiger partial charge in [-0.2, -0.15) is 0 Å². The Kier molecular flexibility index (Phi) is 4.31. The van der Waals surface area contributed by atoms with Crippen molar-refractivity contribution in [3.05, 3.63) is 77.3 Å². The molecule has 28 heavy (non-hydrogen) atoms. The Morgan fingerprint density at radius 3 is 2.61 bits per heavy atom. The van der Waals surface area contributed by atoms with E-state index < -0.39 is 17.7 Å². The first-order valence-electron chi connectivity index (χ1n) is 8.59. The number of halogens is 1. The molecular formula is C22H16FNO4. The molecular weight excluding hydrogens is 361 g/mol. The molecule has 1 heterocycles. The molecule has 140 valence electrons. The molecule has 0 aliphatic carbocycles. The van der Waals surface area contributed by atoms with E-state index in [-0.39, 0.29) is 17.0 Å². The van der Waals surface area contributed by atoms with Gasteiger partial charge < -0.3 is 14.5 Å². The summed E-state index contributed by atoms with van der Waals surface area (Å²) in [6.45, 7) is 1.81. The van der Waals surface area contributed by atoms with Crippen LogP contribution in [0.4, 0.5) is 10.1 Å². The minimum atomic E-state index is -0.819. The van der Waals surface area contributed by atoms with Crippen LogP contribution in [0.1, 0.15) is 26.5 Å². The summed E-state index contributed by atoms with van der Waals surface area (Å²) in [6.07, 6.45) is 0. The molecule has 0 saturated carbocycles. The fourth-order valence-electron chi connectivity index (χ4n) is 3.22. The second kappa shape index (κ2) is 6.81. The maximum atomic E-state index is 13.8. The molecule has 1 aromatic heterocycles. The Morgan fingerprint density at radius 1 is 1.04 bits per heavy atom. The third-order valence-corrected chi connectivity index (χ3v) is 4.66. The Morgan fingerprint density at radius 2 is 1.82 bits per heavy atom. The van der Waals surface area contributed by atoms with Crippen molar-refractivity contribution >= 4 is 39.3 Å². The number of amides is 1. The van der Waals surface area contributed by atoms with Crippen molar-refractivity contribution in [3.63, 3.8) is 0 Å². The van der Waals surface area contributed by atoms with E-state index in [0.717, 1.165) is 29.3 Å². The molecule has 0 saturated heterocycles. The van der Waals surface area contributed by atoms with E-state index in [0.29, 0.717) is 11.1 Å². The summed E-state index contributed by atoms with van der Waals surface area (Å²) in [7, 11) is 1.16. The highest BCUT2D eigenvalue weighted by atomic mass is 19.1. The van der Waals surface area contributed by atoms with Gasteiger partial charge in [-0.15, -0.1) is 0 Å². The number of furan rings is 1. The van der Waals surface area contributed by atoms with Crippen LogP contribution in [0, 0.1) is 12.7 Å². The van der Waals surface area contributed by atoms with E-state index >= 15 is 0 Å². The lowest BCUT2D eigenvalue weighted by molar-refractivity contribution is 0.0595. The summed E-state index contributed by atoms with van der Waals surface area (Å²) >= 11 is 0. The fraction of sp³-hybridized carbons (Fsp3) is 0.0909. The van der Waals surface area contributed by atoms with E-state index in [1.165, 1.54) is 12.1 Å². The van der Waals surface area contributed by atoms with Crippen molar-refractivity contribution in [2.24, 2.45) is 0 Å². The molecule has 1 N–H and O–H groups in total. The first kappa shape index (κ1) is 17.7. The van der Waals surface area contributed by atoms with Crippen LogP contribution in [-0.4, -0.2) is 19.0 Å². The molecule has 4 aromatic rings. The maximum Gasteiger partial charge on any atom is 0.340 e. The average molecular weight is 377 g/mol. The summed E-state index contributed by atoms with van der Waals surface area (Å²) in [5, 5.41) is 5.42. The number of carbonyl (C=O) groups excluding carboxylic acids is 2. The number of rotatable bonds is 3. The van der Waals surface area contributed by atoms with Crippen LogP contribution in [0.2, 0.25) is 0 Å². The molecule has 4 rings (SSSR count). The lowest BCUT2D eigenvalue weighted by Crippen LogP contribution is -2.13. The van der Waals surface area contributed by atoms with Crippen LogP contribution in [0.15, 0.2) is 59.0 Å². The van der Waals surface area contributed by atoms with Crippen molar-refractivity contribution in [3.8, 4) is 0 Å². The topological polar surface area (TPSA) is 68.5 Å². The number of anilines is 1. The number of hydrogen-bond donors (Lipinski definition) is 1. The number of methoxy groups -OCH3 is 1. The number of fused-ring (bicyclic) bond motifs is 3. The first-order valence-corrected chi connectivity index (χ1v) is 8.59. The van der Waals surface area contributed by atoms with Crippen molar-refractivity contribution < 1.29 is 23.1 Å². The van der Waals surface area contributed by atoms with E-state index in [1.54, 1.807) is 6.92 Å². The largest absolute Gasteiger partial charge is 0.465 e. The van der Waals surface area contributed by atoms with Crippen molar-refractivity contribution in [2.75, 3.05) is 12.4 Å². The van der Waals surface area contributed by atoms with Gasteiger partial charge in [0.15, 0.2) is 5.76 Å². The molecule has 0 aliphatic heterocycles. The van der Waals surface area contributed by atoms with Gasteiger partial charge in [-0.1, -0.05) is 36.4 Å². The van der Waals surface area contributed by atoms with Crippen LogP contribution in [0.3, 0.4) is 0 Å². The Bertz CT molecular complexity index is 1240. The smallest absolute Gasteiger partial charge is 0.340 e. The van der Waals surface area contributed by atoms with Gasteiger partial charge in [-0.25, -0.2) is 9.18 Å². The van der Waals surface area contributed by atoms with Crippen molar-refractivity contribution in [1.29, 1.82) is 0 Å². The molecule has 3 aromatic carbocycles. The van der Waals surface area contributed by atoms with Gasteiger partial charge in [0.05, 0.1) is 12.7 Å². The fourth-order valence-corrected chi connectivity index (χ4v) is 3.22. The summed E-state index contributed by atoms with van der Waals surface area (Å²) < 4.78 is 24.2. The van der Waals surface area contributed by atoms with E-state index in [9.17, 15) is 14.0 Å². The molecule has 0 spiro atoms. The zero-order valence-electron chi connectivity index (χ0n) is 15.2. The summed E-state index contributed by atoms with van der Waals surface area (Å²) in [5.41, 5.74) is 1.34. The molecule has 6 heteroatoms. The molecule has 0 bridgehead atoms. The zero-order chi connectivity index (χ0) is 19.8. The molecule has 0 fully saturated rings. The summed E-state index contributed by atoms with van der Waals surface area (Å²) in [5.74, 6) is -1.87. The number of aryl methyl sites for hydroxylation is 1. The second-order valence-electron chi connectivity index (χ2n) is 6.36. The van der Waals surface area contributed by atoms with Gasteiger partial charge in [0.1, 0.15) is 11.4 Å². The number of nitrogens with one attached hydrogen (secondary N) is 1. The van der Waals surface area contributed by atoms with Crippen LogP contribution in [0.5, 0.6) is 0 Å². The van der Waals surface area contributed by atoms with Gasteiger partial charge in [-0.05, 0) is 30.5 Å². The third kappa shape index (κ3) is 2.89. The molecule has 0 aliphatic rings. The molecule has 0 unspecified atom stereocenters. The molecule has 0 atom stereocenters. The van der Waals surface area contributed by atoms with E-state index in [2.05, 4.69) is 10.1 Å². The van der Waals surface area contributed by atoms with Crippen LogP contribution in [-0.2, 0) is 4.74 Å². The number of ether oxygens (including phenoxy) is 1. The predicted octanol–water partition coefficient (Wildman–Crippen LogP) is 5.07. The Balaban J connectivity index is 1.73. The highest BCUT2D eigenvalue weighted by Gasteiger charge is 2.20. The molecule has 5 nitrogen and oxygen atoms in total.